The molecule has 12 heavy (non-hydrogen) atoms. The molecule has 1 aliphatic carbocycles. The molecule has 1 N–H and O–H groups in total. The van der Waals surface area contributed by atoms with Crippen LogP contribution in [0.5, 0.6) is 0 Å². The zero-order chi connectivity index (χ0) is 9.24. The van der Waals surface area contributed by atoms with Gasteiger partial charge in [-0.15, -0.1) is 0 Å². The van der Waals surface area contributed by atoms with Crippen LogP contribution in [0.3, 0.4) is 0 Å². The summed E-state index contributed by atoms with van der Waals surface area (Å²) in [7, 11) is -2.99. The maximum Gasteiger partial charge on any atom is 0.208 e. The van der Waals surface area contributed by atoms with E-state index >= 15 is 0 Å². The molecule has 1 saturated carbocycles. The smallest absolute Gasteiger partial charge is 0.208 e. The Labute approximate surface area is 74.6 Å². The highest BCUT2D eigenvalue weighted by molar-refractivity contribution is 7.88. The highest BCUT2D eigenvalue weighted by Crippen LogP contribution is 2.43. The summed E-state index contributed by atoms with van der Waals surface area (Å²) in [5, 5.41) is 0. The van der Waals surface area contributed by atoms with Gasteiger partial charge in [0.05, 0.1) is 6.26 Å². The first-order valence-electron chi connectivity index (χ1n) is 4.42. The first-order valence-corrected chi connectivity index (χ1v) is 6.31. The zero-order valence-electron chi connectivity index (χ0n) is 7.76. The second kappa shape index (κ2) is 3.34. The van der Waals surface area contributed by atoms with Gasteiger partial charge in [-0.3, -0.25) is 0 Å². The van der Waals surface area contributed by atoms with E-state index in [2.05, 4.69) is 11.6 Å². The highest BCUT2D eigenvalue weighted by atomic mass is 32.2. The van der Waals surface area contributed by atoms with Crippen molar-refractivity contribution in [2.45, 2.75) is 32.6 Å². The molecular formula is C8H17NO2S. The lowest BCUT2D eigenvalue weighted by atomic mass is 9.67. The first kappa shape index (κ1) is 9.99. The minimum atomic E-state index is -2.99. The predicted octanol–water partition coefficient (Wildman–Crippen LogP) is 1.12. The molecule has 0 spiro atoms. The van der Waals surface area contributed by atoms with Crippen molar-refractivity contribution >= 4 is 10.0 Å². The molecule has 4 heteroatoms. The molecule has 72 valence electrons. The van der Waals surface area contributed by atoms with Crippen molar-refractivity contribution in [1.29, 1.82) is 0 Å². The van der Waals surface area contributed by atoms with E-state index in [1.807, 2.05) is 0 Å². The summed E-state index contributed by atoms with van der Waals surface area (Å²) in [6.07, 6.45) is 5.89. The van der Waals surface area contributed by atoms with Crippen molar-refractivity contribution in [2.24, 2.45) is 5.41 Å². The number of hydrogen-bond acceptors (Lipinski definition) is 2. The van der Waals surface area contributed by atoms with Crippen LogP contribution < -0.4 is 4.72 Å². The Hall–Kier alpha value is -0.0900. The largest absolute Gasteiger partial charge is 0.215 e. The van der Waals surface area contributed by atoms with Crippen molar-refractivity contribution in [3.8, 4) is 0 Å². The van der Waals surface area contributed by atoms with E-state index in [-0.39, 0.29) is 5.41 Å². The van der Waals surface area contributed by atoms with E-state index in [1.54, 1.807) is 0 Å². The van der Waals surface area contributed by atoms with Crippen LogP contribution in [0.4, 0.5) is 0 Å². The van der Waals surface area contributed by atoms with Gasteiger partial charge in [0, 0.05) is 6.54 Å². The predicted molar refractivity (Wildman–Crippen MR) is 49.4 cm³/mol. The first-order chi connectivity index (χ1) is 5.47. The van der Waals surface area contributed by atoms with Crippen LogP contribution in [0.1, 0.15) is 32.6 Å². The van der Waals surface area contributed by atoms with Gasteiger partial charge in [-0.25, -0.2) is 13.1 Å². The Kier molecular flexibility index (Phi) is 2.78. The van der Waals surface area contributed by atoms with Gasteiger partial charge in [0.25, 0.3) is 0 Å². The maximum atomic E-state index is 10.8. The number of sulfonamides is 1. The Morgan fingerprint density at radius 1 is 1.42 bits per heavy atom. The quantitative estimate of drug-likeness (QED) is 0.723. The normalized spacial score (nSPS) is 21.8. The summed E-state index contributed by atoms with van der Waals surface area (Å²) in [5.41, 5.74) is 0.281. The lowest BCUT2D eigenvalue weighted by Gasteiger charge is -2.41. The fourth-order valence-corrected chi connectivity index (χ4v) is 2.18. The molecule has 1 rings (SSSR count). The molecule has 0 aromatic heterocycles. The summed E-state index contributed by atoms with van der Waals surface area (Å²) in [6, 6.07) is 0. The maximum absolute atomic E-state index is 10.8. The number of nitrogens with one attached hydrogen (secondary N) is 1. The van der Waals surface area contributed by atoms with Gasteiger partial charge in [0.2, 0.25) is 10.0 Å². The van der Waals surface area contributed by atoms with Crippen LogP contribution in [-0.2, 0) is 10.0 Å². The van der Waals surface area contributed by atoms with Gasteiger partial charge >= 0.3 is 0 Å². The van der Waals surface area contributed by atoms with Gasteiger partial charge in [0.15, 0.2) is 0 Å². The molecule has 3 nitrogen and oxygen atoms in total. The second-order valence-electron chi connectivity index (χ2n) is 3.80. The SMILES string of the molecule is CCC1(CNS(C)(=O)=O)CCC1. The molecule has 1 aliphatic rings. The lowest BCUT2D eigenvalue weighted by molar-refractivity contribution is 0.133. The van der Waals surface area contributed by atoms with E-state index in [0.29, 0.717) is 6.54 Å². The Morgan fingerprint density at radius 2 is 2.00 bits per heavy atom. The molecule has 0 unspecified atom stereocenters. The van der Waals surface area contributed by atoms with Crippen molar-refractivity contribution in [2.75, 3.05) is 12.8 Å². The molecule has 1 fully saturated rings. The summed E-state index contributed by atoms with van der Waals surface area (Å²) in [4.78, 5) is 0. The molecule has 0 atom stereocenters. The molecular weight excluding hydrogens is 174 g/mol. The average Bonchev–Trinajstić information content (AvgIpc) is 1.84. The van der Waals surface area contributed by atoms with Gasteiger partial charge in [-0.1, -0.05) is 13.3 Å². The van der Waals surface area contributed by atoms with E-state index in [4.69, 9.17) is 0 Å². The van der Waals surface area contributed by atoms with Crippen LogP contribution in [0, 0.1) is 5.41 Å². The van der Waals surface area contributed by atoms with E-state index in [9.17, 15) is 8.42 Å². The summed E-state index contributed by atoms with van der Waals surface area (Å²) >= 11 is 0. The van der Waals surface area contributed by atoms with Gasteiger partial charge in [-0.05, 0) is 24.7 Å². The van der Waals surface area contributed by atoms with E-state index in [1.165, 1.54) is 25.5 Å². The molecule has 0 radical (unpaired) electrons. The Bertz CT molecular complexity index is 236. The molecule has 0 aliphatic heterocycles. The third-order valence-corrected chi connectivity index (χ3v) is 3.54. The van der Waals surface area contributed by atoms with Gasteiger partial charge in [0.1, 0.15) is 0 Å². The van der Waals surface area contributed by atoms with Crippen LogP contribution in [-0.4, -0.2) is 21.2 Å². The van der Waals surface area contributed by atoms with Crippen LogP contribution in [0.25, 0.3) is 0 Å². The lowest BCUT2D eigenvalue weighted by Crippen LogP contribution is -2.41. The van der Waals surface area contributed by atoms with E-state index < -0.39 is 10.0 Å². The zero-order valence-corrected chi connectivity index (χ0v) is 8.58. The Morgan fingerprint density at radius 3 is 2.25 bits per heavy atom. The van der Waals surface area contributed by atoms with Crippen molar-refractivity contribution in [3.63, 3.8) is 0 Å². The molecule has 0 saturated heterocycles. The summed E-state index contributed by atoms with van der Waals surface area (Å²) < 4.78 is 24.2. The monoisotopic (exact) mass is 191 g/mol. The minimum Gasteiger partial charge on any atom is -0.215 e. The Balaban J connectivity index is 2.40. The average molecular weight is 191 g/mol. The standard InChI is InChI=1S/C8H17NO2S/c1-3-8(5-4-6-8)7-9-12(2,10)11/h9H,3-7H2,1-2H3. The molecule has 0 aromatic rings. The fraction of sp³-hybridized carbons (Fsp3) is 1.00. The second-order valence-corrected chi connectivity index (χ2v) is 5.63. The van der Waals surface area contributed by atoms with Crippen molar-refractivity contribution in [1.82, 2.24) is 4.72 Å². The van der Waals surface area contributed by atoms with Crippen LogP contribution >= 0.6 is 0 Å². The van der Waals surface area contributed by atoms with E-state index in [0.717, 1.165) is 6.42 Å². The third kappa shape index (κ3) is 2.45. The minimum absolute atomic E-state index is 0.281. The molecule has 0 heterocycles. The van der Waals surface area contributed by atoms with Gasteiger partial charge in [-0.2, -0.15) is 0 Å². The number of rotatable bonds is 4. The van der Waals surface area contributed by atoms with Crippen LogP contribution in [0.2, 0.25) is 0 Å². The highest BCUT2D eigenvalue weighted by Gasteiger charge is 2.35. The molecule has 0 amide bonds. The topological polar surface area (TPSA) is 46.2 Å². The summed E-state index contributed by atoms with van der Waals surface area (Å²) in [6.45, 7) is 2.76. The number of hydrogen-bond donors (Lipinski definition) is 1. The van der Waals surface area contributed by atoms with Crippen molar-refractivity contribution in [3.05, 3.63) is 0 Å². The van der Waals surface area contributed by atoms with Gasteiger partial charge < -0.3 is 0 Å². The van der Waals surface area contributed by atoms with Crippen molar-refractivity contribution < 1.29 is 8.42 Å². The van der Waals surface area contributed by atoms with Crippen LogP contribution in [0.15, 0.2) is 0 Å². The molecule has 0 bridgehead atoms. The fourth-order valence-electron chi connectivity index (χ4n) is 1.62. The molecule has 0 aromatic carbocycles. The third-order valence-electron chi connectivity index (χ3n) is 2.87. The summed E-state index contributed by atoms with van der Waals surface area (Å²) in [5.74, 6) is 0.